The second kappa shape index (κ2) is 7.88. The Kier molecular flexibility index (Phi) is 6.12. The topological polar surface area (TPSA) is 62.1 Å². The Morgan fingerprint density at radius 3 is 2.74 bits per heavy atom. The first-order valence-corrected chi connectivity index (χ1v) is 9.03. The molecule has 1 N–H and O–H groups in total. The molecule has 0 spiro atoms. The summed E-state index contributed by atoms with van der Waals surface area (Å²) in [6, 6.07) is 3.46. The molecule has 0 aliphatic carbocycles. The summed E-state index contributed by atoms with van der Waals surface area (Å²) >= 11 is 4.72. The van der Waals surface area contributed by atoms with Gasteiger partial charge in [0, 0.05) is 23.1 Å². The molecular formula is C16H19BrN2O3S. The molecule has 0 atom stereocenters. The van der Waals surface area contributed by atoms with E-state index in [1.54, 1.807) is 23.1 Å². The van der Waals surface area contributed by atoms with E-state index >= 15 is 0 Å². The van der Waals surface area contributed by atoms with Gasteiger partial charge in [-0.3, -0.25) is 14.7 Å². The zero-order chi connectivity index (χ0) is 17.0. The molecule has 0 radical (unpaired) electrons. The van der Waals surface area contributed by atoms with Crippen LogP contribution in [0.4, 0.5) is 0 Å². The standard InChI is InChI=1S/C16H19BrN2O3S/c1-4-18-16-19(5-2)15(21)13(23-16)8-10-7-11(17)9-12(14(10)20)22-6-3/h7-9,20H,4-6H2,1-3H3/b13-8+,18-16?. The maximum absolute atomic E-state index is 12.5. The molecule has 1 amide bonds. The third-order valence-electron chi connectivity index (χ3n) is 3.15. The Balaban J connectivity index is 2.42. The minimum absolute atomic E-state index is 0.0277. The highest BCUT2D eigenvalue weighted by Gasteiger charge is 2.32. The van der Waals surface area contributed by atoms with Crippen molar-refractivity contribution in [3.8, 4) is 11.5 Å². The molecule has 5 nitrogen and oxygen atoms in total. The molecule has 0 unspecified atom stereocenters. The number of thioether (sulfide) groups is 1. The Labute approximate surface area is 148 Å². The first-order valence-electron chi connectivity index (χ1n) is 7.42. The number of aromatic hydroxyl groups is 1. The van der Waals surface area contributed by atoms with Crippen LogP contribution in [-0.2, 0) is 4.79 Å². The predicted molar refractivity (Wildman–Crippen MR) is 97.9 cm³/mol. The number of phenols is 1. The third-order valence-corrected chi connectivity index (χ3v) is 4.66. The van der Waals surface area contributed by atoms with E-state index in [0.717, 1.165) is 4.47 Å². The number of carbonyl (C=O) groups excluding carboxylic acids is 1. The van der Waals surface area contributed by atoms with Crippen LogP contribution in [0, 0.1) is 0 Å². The molecule has 1 saturated heterocycles. The number of likely N-dealkylation sites (N-methyl/N-ethyl adjacent to an activating group) is 1. The third kappa shape index (κ3) is 3.90. The first-order chi connectivity index (χ1) is 11.0. The highest BCUT2D eigenvalue weighted by Crippen LogP contribution is 2.38. The van der Waals surface area contributed by atoms with Crippen LogP contribution in [0.5, 0.6) is 11.5 Å². The average Bonchev–Trinajstić information content (AvgIpc) is 2.80. The number of hydrogen-bond donors (Lipinski definition) is 1. The lowest BCUT2D eigenvalue weighted by Gasteiger charge is -2.11. The number of nitrogens with zero attached hydrogens (tertiary/aromatic N) is 2. The number of benzene rings is 1. The van der Waals surface area contributed by atoms with Gasteiger partial charge in [0.2, 0.25) is 0 Å². The molecular weight excluding hydrogens is 380 g/mol. The minimum atomic E-state index is -0.0953. The molecule has 23 heavy (non-hydrogen) atoms. The summed E-state index contributed by atoms with van der Waals surface area (Å²) in [6.45, 7) is 7.33. The van der Waals surface area contributed by atoms with Gasteiger partial charge in [-0.05, 0) is 50.7 Å². The van der Waals surface area contributed by atoms with Crippen molar-refractivity contribution in [2.75, 3.05) is 19.7 Å². The van der Waals surface area contributed by atoms with Crippen molar-refractivity contribution in [3.63, 3.8) is 0 Å². The van der Waals surface area contributed by atoms with E-state index in [1.807, 2.05) is 20.8 Å². The van der Waals surface area contributed by atoms with E-state index in [0.29, 0.717) is 41.1 Å². The van der Waals surface area contributed by atoms with Crippen molar-refractivity contribution in [3.05, 3.63) is 27.1 Å². The maximum atomic E-state index is 12.5. The van der Waals surface area contributed by atoms with Crippen LogP contribution >= 0.6 is 27.7 Å². The van der Waals surface area contributed by atoms with Crippen LogP contribution in [0.25, 0.3) is 6.08 Å². The monoisotopic (exact) mass is 398 g/mol. The van der Waals surface area contributed by atoms with Crippen LogP contribution in [0.3, 0.4) is 0 Å². The molecule has 0 bridgehead atoms. The normalized spacial score (nSPS) is 18.3. The summed E-state index contributed by atoms with van der Waals surface area (Å²) in [7, 11) is 0. The van der Waals surface area contributed by atoms with Gasteiger partial charge < -0.3 is 9.84 Å². The fourth-order valence-corrected chi connectivity index (χ4v) is 3.70. The highest BCUT2D eigenvalue weighted by molar-refractivity contribution is 9.10. The zero-order valence-electron chi connectivity index (χ0n) is 13.3. The van der Waals surface area contributed by atoms with Gasteiger partial charge in [-0.1, -0.05) is 15.9 Å². The van der Waals surface area contributed by atoms with E-state index in [4.69, 9.17) is 4.74 Å². The summed E-state index contributed by atoms with van der Waals surface area (Å²) in [4.78, 5) is 19.0. The van der Waals surface area contributed by atoms with Gasteiger partial charge in [0.1, 0.15) is 0 Å². The summed E-state index contributed by atoms with van der Waals surface area (Å²) in [5, 5.41) is 11.0. The largest absolute Gasteiger partial charge is 0.504 e. The van der Waals surface area contributed by atoms with E-state index in [1.165, 1.54) is 11.8 Å². The van der Waals surface area contributed by atoms with Gasteiger partial charge >= 0.3 is 0 Å². The van der Waals surface area contributed by atoms with E-state index in [-0.39, 0.29) is 11.7 Å². The van der Waals surface area contributed by atoms with Gasteiger partial charge in [-0.25, -0.2) is 0 Å². The van der Waals surface area contributed by atoms with Gasteiger partial charge in [0.25, 0.3) is 5.91 Å². The lowest BCUT2D eigenvalue weighted by molar-refractivity contribution is -0.122. The highest BCUT2D eigenvalue weighted by atomic mass is 79.9. The number of hydrogen-bond acceptors (Lipinski definition) is 5. The summed E-state index contributed by atoms with van der Waals surface area (Å²) < 4.78 is 6.19. The maximum Gasteiger partial charge on any atom is 0.266 e. The zero-order valence-corrected chi connectivity index (χ0v) is 15.7. The molecule has 1 aromatic rings. The number of phenolic OH excluding ortho intramolecular Hbond substituents is 1. The molecule has 1 fully saturated rings. The lowest BCUT2D eigenvalue weighted by atomic mass is 10.1. The van der Waals surface area contributed by atoms with Gasteiger partial charge in [0.05, 0.1) is 11.5 Å². The Morgan fingerprint density at radius 1 is 1.39 bits per heavy atom. The second-order valence-corrected chi connectivity index (χ2v) is 6.62. The van der Waals surface area contributed by atoms with Crippen LogP contribution in [0.2, 0.25) is 0 Å². The van der Waals surface area contributed by atoms with E-state index < -0.39 is 0 Å². The Hall–Kier alpha value is -1.47. The molecule has 0 saturated carbocycles. The van der Waals surface area contributed by atoms with Crippen LogP contribution in [-0.4, -0.2) is 40.8 Å². The Bertz CT molecular complexity index is 674. The van der Waals surface area contributed by atoms with Crippen molar-refractivity contribution in [1.29, 1.82) is 0 Å². The van der Waals surface area contributed by atoms with Gasteiger partial charge in [0.15, 0.2) is 16.7 Å². The SMILES string of the molecule is CCN=C1S/C(=C/c2cc(Br)cc(OCC)c2O)C(=O)N1CC. The van der Waals surface area contributed by atoms with Crippen molar-refractivity contribution in [2.45, 2.75) is 20.8 Å². The minimum Gasteiger partial charge on any atom is -0.504 e. The number of ether oxygens (including phenoxy) is 1. The van der Waals surface area contributed by atoms with E-state index in [2.05, 4.69) is 20.9 Å². The molecule has 0 aromatic heterocycles. The lowest BCUT2D eigenvalue weighted by Crippen LogP contribution is -2.28. The van der Waals surface area contributed by atoms with Crippen LogP contribution in [0.15, 0.2) is 26.5 Å². The smallest absolute Gasteiger partial charge is 0.266 e. The Morgan fingerprint density at radius 2 is 2.13 bits per heavy atom. The fourth-order valence-electron chi connectivity index (χ4n) is 2.15. The first kappa shape index (κ1) is 17.9. The quantitative estimate of drug-likeness (QED) is 0.764. The number of aliphatic imine (C=N–C) groups is 1. The number of halogens is 1. The van der Waals surface area contributed by atoms with Crippen molar-refractivity contribution in [2.24, 2.45) is 4.99 Å². The summed E-state index contributed by atoms with van der Waals surface area (Å²) in [5.74, 6) is 0.320. The molecule has 1 aromatic carbocycles. The van der Waals surface area contributed by atoms with Crippen molar-refractivity contribution >= 4 is 44.8 Å². The number of amidine groups is 1. The summed E-state index contributed by atoms with van der Waals surface area (Å²) in [5.41, 5.74) is 0.535. The predicted octanol–water partition coefficient (Wildman–Crippen LogP) is 3.87. The summed E-state index contributed by atoms with van der Waals surface area (Å²) in [6.07, 6.45) is 1.68. The number of rotatable bonds is 5. The van der Waals surface area contributed by atoms with Gasteiger partial charge in [-0.2, -0.15) is 0 Å². The second-order valence-electron chi connectivity index (χ2n) is 4.69. The molecule has 2 rings (SSSR count). The van der Waals surface area contributed by atoms with Crippen LogP contribution in [0.1, 0.15) is 26.3 Å². The average molecular weight is 399 g/mol. The number of amides is 1. The van der Waals surface area contributed by atoms with Gasteiger partial charge in [-0.15, -0.1) is 0 Å². The molecule has 124 valence electrons. The fraction of sp³-hybridized carbons (Fsp3) is 0.375. The van der Waals surface area contributed by atoms with Crippen molar-refractivity contribution in [1.82, 2.24) is 4.90 Å². The van der Waals surface area contributed by atoms with Crippen molar-refractivity contribution < 1.29 is 14.6 Å². The van der Waals surface area contributed by atoms with Crippen LogP contribution < -0.4 is 4.74 Å². The molecule has 1 aliphatic heterocycles. The molecule has 7 heteroatoms. The molecule has 1 heterocycles. The van der Waals surface area contributed by atoms with E-state index in [9.17, 15) is 9.90 Å². The number of carbonyl (C=O) groups is 1. The molecule has 1 aliphatic rings.